The molecule has 2 N–H and O–H groups in total. The first-order chi connectivity index (χ1) is 13.4. The Hall–Kier alpha value is -2.82. The maximum atomic E-state index is 12.5. The van der Waals surface area contributed by atoms with Crippen molar-refractivity contribution in [1.82, 2.24) is 5.32 Å². The lowest BCUT2D eigenvalue weighted by Gasteiger charge is -2.10. The SMILES string of the molecule is CC(C)COc1ccc(CNC(=O)c2cccc(NC(=O)C3CC3C)c2)cc1. The van der Waals surface area contributed by atoms with Gasteiger partial charge in [0.2, 0.25) is 5.91 Å². The molecule has 0 radical (unpaired) electrons. The first-order valence-corrected chi connectivity index (χ1v) is 9.83. The number of amides is 2. The van der Waals surface area contributed by atoms with Gasteiger partial charge in [0.1, 0.15) is 5.75 Å². The Balaban J connectivity index is 1.52. The predicted octanol–water partition coefficient (Wildman–Crippen LogP) is 4.25. The number of benzene rings is 2. The minimum absolute atomic E-state index is 0.0323. The van der Waals surface area contributed by atoms with Crippen LogP contribution in [0.15, 0.2) is 48.5 Å². The molecule has 1 aliphatic rings. The number of hydrogen-bond acceptors (Lipinski definition) is 3. The molecule has 1 saturated carbocycles. The van der Waals surface area contributed by atoms with E-state index in [1.54, 1.807) is 24.3 Å². The van der Waals surface area contributed by atoms with Gasteiger partial charge < -0.3 is 15.4 Å². The number of carbonyl (C=O) groups is 2. The zero-order valence-corrected chi connectivity index (χ0v) is 16.7. The Morgan fingerprint density at radius 3 is 2.50 bits per heavy atom. The van der Waals surface area contributed by atoms with Gasteiger partial charge in [0.15, 0.2) is 0 Å². The summed E-state index contributed by atoms with van der Waals surface area (Å²) in [6.45, 7) is 7.40. The topological polar surface area (TPSA) is 67.4 Å². The second-order valence-electron chi connectivity index (χ2n) is 7.92. The Kier molecular flexibility index (Phi) is 6.34. The highest BCUT2D eigenvalue weighted by Crippen LogP contribution is 2.38. The number of rotatable bonds is 8. The highest BCUT2D eigenvalue weighted by atomic mass is 16.5. The smallest absolute Gasteiger partial charge is 0.251 e. The van der Waals surface area contributed by atoms with Gasteiger partial charge in [-0.1, -0.05) is 39.0 Å². The van der Waals surface area contributed by atoms with Crippen LogP contribution in [0.5, 0.6) is 5.75 Å². The zero-order valence-electron chi connectivity index (χ0n) is 16.7. The van der Waals surface area contributed by atoms with Crippen LogP contribution in [-0.2, 0) is 11.3 Å². The molecule has 2 unspecified atom stereocenters. The maximum absolute atomic E-state index is 12.5. The van der Waals surface area contributed by atoms with Gasteiger partial charge in [-0.2, -0.15) is 0 Å². The molecule has 1 fully saturated rings. The fourth-order valence-corrected chi connectivity index (χ4v) is 2.91. The maximum Gasteiger partial charge on any atom is 0.251 e. The molecule has 0 bridgehead atoms. The number of ether oxygens (including phenoxy) is 1. The average molecular weight is 380 g/mol. The summed E-state index contributed by atoms with van der Waals surface area (Å²) in [5.74, 6) is 1.73. The van der Waals surface area contributed by atoms with E-state index in [0.29, 0.717) is 36.2 Å². The van der Waals surface area contributed by atoms with Crippen molar-refractivity contribution in [2.75, 3.05) is 11.9 Å². The van der Waals surface area contributed by atoms with E-state index in [4.69, 9.17) is 4.74 Å². The Bertz CT molecular complexity index is 830. The highest BCUT2D eigenvalue weighted by Gasteiger charge is 2.39. The van der Waals surface area contributed by atoms with Gasteiger partial charge in [0, 0.05) is 23.7 Å². The summed E-state index contributed by atoms with van der Waals surface area (Å²) in [4.78, 5) is 24.5. The highest BCUT2D eigenvalue weighted by molar-refractivity contribution is 5.98. The van der Waals surface area contributed by atoms with Crippen molar-refractivity contribution < 1.29 is 14.3 Å². The van der Waals surface area contributed by atoms with Crippen LogP contribution in [0.4, 0.5) is 5.69 Å². The van der Waals surface area contributed by atoms with Gasteiger partial charge >= 0.3 is 0 Å². The molecule has 2 aromatic rings. The van der Waals surface area contributed by atoms with Crippen LogP contribution in [0.1, 0.15) is 43.1 Å². The van der Waals surface area contributed by atoms with Crippen LogP contribution in [0.2, 0.25) is 0 Å². The molecule has 0 aliphatic heterocycles. The molecule has 148 valence electrons. The van der Waals surface area contributed by atoms with E-state index >= 15 is 0 Å². The molecular weight excluding hydrogens is 352 g/mol. The molecule has 0 spiro atoms. The minimum atomic E-state index is -0.170. The van der Waals surface area contributed by atoms with Crippen LogP contribution in [0, 0.1) is 17.8 Å². The van der Waals surface area contributed by atoms with Gasteiger partial charge in [-0.25, -0.2) is 0 Å². The van der Waals surface area contributed by atoms with Gasteiger partial charge in [0.25, 0.3) is 5.91 Å². The summed E-state index contributed by atoms with van der Waals surface area (Å²) < 4.78 is 5.67. The molecule has 5 heteroatoms. The van der Waals surface area contributed by atoms with E-state index in [9.17, 15) is 9.59 Å². The lowest BCUT2D eigenvalue weighted by molar-refractivity contribution is -0.117. The number of nitrogens with one attached hydrogen (secondary N) is 2. The second kappa shape index (κ2) is 8.91. The van der Waals surface area contributed by atoms with Crippen molar-refractivity contribution in [2.24, 2.45) is 17.8 Å². The molecule has 0 heterocycles. The molecule has 2 aromatic carbocycles. The van der Waals surface area contributed by atoms with Gasteiger partial charge in [0.05, 0.1) is 6.61 Å². The third-order valence-electron chi connectivity index (χ3n) is 4.80. The molecule has 5 nitrogen and oxygen atoms in total. The van der Waals surface area contributed by atoms with E-state index in [1.807, 2.05) is 24.3 Å². The van der Waals surface area contributed by atoms with E-state index in [-0.39, 0.29) is 17.7 Å². The van der Waals surface area contributed by atoms with E-state index in [2.05, 4.69) is 31.4 Å². The van der Waals surface area contributed by atoms with Crippen LogP contribution in [-0.4, -0.2) is 18.4 Å². The fourth-order valence-electron chi connectivity index (χ4n) is 2.91. The van der Waals surface area contributed by atoms with Gasteiger partial charge in [-0.15, -0.1) is 0 Å². The average Bonchev–Trinajstić information content (AvgIpc) is 3.42. The third-order valence-corrected chi connectivity index (χ3v) is 4.80. The lowest BCUT2D eigenvalue weighted by atomic mass is 10.1. The fraction of sp³-hybridized carbons (Fsp3) is 0.391. The third kappa shape index (κ3) is 5.59. The first kappa shape index (κ1) is 19.9. The second-order valence-corrected chi connectivity index (χ2v) is 7.92. The van der Waals surface area contributed by atoms with Crippen molar-refractivity contribution in [2.45, 2.75) is 33.7 Å². The minimum Gasteiger partial charge on any atom is -0.493 e. The molecule has 28 heavy (non-hydrogen) atoms. The molecular formula is C23H28N2O3. The number of anilines is 1. The zero-order chi connectivity index (χ0) is 20.1. The normalized spacial score (nSPS) is 17.9. The summed E-state index contributed by atoms with van der Waals surface area (Å²) >= 11 is 0. The Morgan fingerprint density at radius 2 is 1.86 bits per heavy atom. The Labute approximate surface area is 166 Å². The van der Waals surface area contributed by atoms with Crippen molar-refractivity contribution in [1.29, 1.82) is 0 Å². The summed E-state index contributed by atoms with van der Waals surface area (Å²) in [6.07, 6.45) is 0.938. The summed E-state index contributed by atoms with van der Waals surface area (Å²) in [7, 11) is 0. The molecule has 2 atom stereocenters. The largest absolute Gasteiger partial charge is 0.493 e. The van der Waals surface area contributed by atoms with E-state index < -0.39 is 0 Å². The van der Waals surface area contributed by atoms with Crippen molar-refractivity contribution >= 4 is 17.5 Å². The van der Waals surface area contributed by atoms with Gasteiger partial charge in [-0.05, 0) is 54.2 Å². The Morgan fingerprint density at radius 1 is 1.14 bits per heavy atom. The van der Waals surface area contributed by atoms with Crippen molar-refractivity contribution in [3.05, 3.63) is 59.7 Å². The summed E-state index contributed by atoms with van der Waals surface area (Å²) in [6, 6.07) is 14.8. The number of hydrogen-bond donors (Lipinski definition) is 2. The van der Waals surface area contributed by atoms with Crippen LogP contribution in [0.25, 0.3) is 0 Å². The van der Waals surface area contributed by atoms with Crippen molar-refractivity contribution in [3.63, 3.8) is 0 Å². The quantitative estimate of drug-likeness (QED) is 0.720. The van der Waals surface area contributed by atoms with E-state index in [1.165, 1.54) is 0 Å². The summed E-state index contributed by atoms with van der Waals surface area (Å²) in [5.41, 5.74) is 2.18. The molecule has 0 saturated heterocycles. The van der Waals surface area contributed by atoms with Crippen LogP contribution >= 0.6 is 0 Å². The first-order valence-electron chi connectivity index (χ1n) is 9.83. The molecule has 1 aliphatic carbocycles. The van der Waals surface area contributed by atoms with Crippen LogP contribution in [0.3, 0.4) is 0 Å². The monoisotopic (exact) mass is 380 g/mol. The molecule has 3 rings (SSSR count). The van der Waals surface area contributed by atoms with Gasteiger partial charge in [-0.3, -0.25) is 9.59 Å². The van der Waals surface area contributed by atoms with Crippen molar-refractivity contribution in [3.8, 4) is 5.75 Å². The standard InChI is InChI=1S/C23H28N2O3/c1-15(2)14-28-20-9-7-17(8-10-20)13-24-22(26)18-5-4-6-19(12-18)25-23(27)21-11-16(21)3/h4-10,12,15-16,21H,11,13-14H2,1-3H3,(H,24,26)(H,25,27). The molecule has 0 aromatic heterocycles. The molecule has 2 amide bonds. The predicted molar refractivity (Wildman–Crippen MR) is 110 cm³/mol. The van der Waals surface area contributed by atoms with E-state index in [0.717, 1.165) is 17.7 Å². The lowest BCUT2D eigenvalue weighted by Crippen LogP contribution is -2.23. The number of carbonyl (C=O) groups excluding carboxylic acids is 2. The van der Waals surface area contributed by atoms with Crippen LogP contribution < -0.4 is 15.4 Å². The summed E-state index contributed by atoms with van der Waals surface area (Å²) in [5, 5.41) is 5.81.